The van der Waals surface area contributed by atoms with E-state index in [1.165, 1.54) is 5.56 Å². The highest BCUT2D eigenvalue weighted by molar-refractivity contribution is 5.91. The fourth-order valence-corrected chi connectivity index (χ4v) is 2.74. The number of nitrogens with one attached hydrogen (secondary N) is 1. The number of piperidine rings is 1. The van der Waals surface area contributed by atoms with Gasteiger partial charge >= 0.3 is 0 Å². The minimum atomic E-state index is -0.721. The number of amidine groups is 1. The zero-order chi connectivity index (χ0) is 16.5. The van der Waals surface area contributed by atoms with Gasteiger partial charge in [0.05, 0.1) is 12.1 Å². The van der Waals surface area contributed by atoms with Crippen molar-refractivity contribution in [3.63, 3.8) is 0 Å². The molecule has 0 saturated carbocycles. The van der Waals surface area contributed by atoms with Crippen molar-refractivity contribution in [3.8, 4) is 0 Å². The van der Waals surface area contributed by atoms with E-state index >= 15 is 0 Å². The van der Waals surface area contributed by atoms with Crippen molar-refractivity contribution in [2.24, 2.45) is 10.7 Å². The average Bonchev–Trinajstić information content (AvgIpc) is 2.59. The number of nitrogens with two attached hydrogens (primary N) is 1. The van der Waals surface area contributed by atoms with Crippen molar-refractivity contribution in [2.75, 3.05) is 33.2 Å². The van der Waals surface area contributed by atoms with E-state index in [2.05, 4.69) is 39.5 Å². The maximum absolute atomic E-state index is 10.6. The lowest BCUT2D eigenvalue weighted by molar-refractivity contribution is -0.0126. The molecule has 0 atom stereocenters. The number of hydrogen-bond donors (Lipinski definition) is 3. The van der Waals surface area contributed by atoms with Crippen LogP contribution in [0.3, 0.4) is 0 Å². The fourth-order valence-electron chi connectivity index (χ4n) is 2.74. The smallest absolute Gasteiger partial charge is 0.119 e. The van der Waals surface area contributed by atoms with Gasteiger partial charge in [0, 0.05) is 26.7 Å². The molecule has 126 valence electrons. The molecule has 5 heteroatoms. The molecule has 1 fully saturated rings. The standard InChI is InChI=1S/C18H28N4O/c1-20-11-7-17(19)21-15-18(23)9-13-22(14-10-18)12-8-16-5-3-2-4-6-16/h2-7,11,20,23H,8-10,12-15H2,1H3,(H2,19,21)/b11-7-. The first-order valence-corrected chi connectivity index (χ1v) is 8.24. The van der Waals surface area contributed by atoms with Crippen molar-refractivity contribution >= 4 is 5.84 Å². The van der Waals surface area contributed by atoms with Crippen molar-refractivity contribution in [3.05, 3.63) is 48.2 Å². The Balaban J connectivity index is 1.75. The van der Waals surface area contributed by atoms with Crippen molar-refractivity contribution in [2.45, 2.75) is 24.9 Å². The third kappa shape index (κ3) is 6.04. The molecule has 0 unspecified atom stereocenters. The number of rotatable bonds is 7. The fraction of sp³-hybridized carbons (Fsp3) is 0.500. The molecule has 0 aliphatic carbocycles. The van der Waals surface area contributed by atoms with Gasteiger partial charge in [0.15, 0.2) is 0 Å². The quantitative estimate of drug-likeness (QED) is 0.521. The minimum Gasteiger partial charge on any atom is -0.394 e. The first-order valence-electron chi connectivity index (χ1n) is 8.24. The SMILES string of the molecule is CN/C=C\C(N)=NCC1(O)CCN(CCc2ccccc2)CC1. The van der Waals surface area contributed by atoms with E-state index < -0.39 is 5.60 Å². The first kappa shape index (κ1) is 17.5. The molecule has 1 aromatic rings. The molecule has 0 amide bonds. The van der Waals surface area contributed by atoms with Gasteiger partial charge in [0.25, 0.3) is 0 Å². The largest absolute Gasteiger partial charge is 0.394 e. The number of likely N-dealkylation sites (tertiary alicyclic amines) is 1. The Morgan fingerprint density at radius 1 is 1.35 bits per heavy atom. The predicted octanol–water partition coefficient (Wildman–Crippen LogP) is 1.15. The number of aliphatic imine (C=N–C) groups is 1. The number of aliphatic hydroxyl groups is 1. The second-order valence-corrected chi connectivity index (χ2v) is 6.16. The van der Waals surface area contributed by atoms with Gasteiger partial charge < -0.3 is 21.1 Å². The van der Waals surface area contributed by atoms with Crippen LogP contribution in [-0.2, 0) is 6.42 Å². The Bertz CT molecular complexity index is 519. The number of benzene rings is 1. The maximum atomic E-state index is 10.6. The van der Waals surface area contributed by atoms with Gasteiger partial charge in [-0.1, -0.05) is 30.3 Å². The van der Waals surface area contributed by atoms with E-state index in [9.17, 15) is 5.11 Å². The van der Waals surface area contributed by atoms with Gasteiger partial charge in [-0.3, -0.25) is 4.99 Å². The predicted molar refractivity (Wildman–Crippen MR) is 95.5 cm³/mol. The molecular weight excluding hydrogens is 288 g/mol. The summed E-state index contributed by atoms with van der Waals surface area (Å²) >= 11 is 0. The molecule has 2 rings (SSSR count). The molecule has 4 N–H and O–H groups in total. The molecule has 1 aliphatic heterocycles. The highest BCUT2D eigenvalue weighted by Gasteiger charge is 2.31. The summed E-state index contributed by atoms with van der Waals surface area (Å²) in [5.41, 5.74) is 6.42. The normalized spacial score (nSPS) is 19.1. The summed E-state index contributed by atoms with van der Waals surface area (Å²) in [4.78, 5) is 6.69. The topological polar surface area (TPSA) is 73.9 Å². The average molecular weight is 316 g/mol. The Labute approximate surface area is 138 Å². The molecule has 1 aliphatic rings. The third-order valence-corrected chi connectivity index (χ3v) is 4.32. The molecule has 1 heterocycles. The molecule has 0 bridgehead atoms. The summed E-state index contributed by atoms with van der Waals surface area (Å²) in [5.74, 6) is 0.444. The monoisotopic (exact) mass is 316 g/mol. The van der Waals surface area contributed by atoms with Gasteiger partial charge in [0.1, 0.15) is 5.84 Å². The van der Waals surface area contributed by atoms with Gasteiger partial charge in [-0.15, -0.1) is 0 Å². The Morgan fingerprint density at radius 3 is 2.70 bits per heavy atom. The van der Waals surface area contributed by atoms with E-state index in [1.54, 1.807) is 12.3 Å². The van der Waals surface area contributed by atoms with Crippen LogP contribution in [-0.4, -0.2) is 54.7 Å². The van der Waals surface area contributed by atoms with Crippen LogP contribution in [0.15, 0.2) is 47.6 Å². The molecule has 23 heavy (non-hydrogen) atoms. The van der Waals surface area contributed by atoms with Gasteiger partial charge in [-0.2, -0.15) is 0 Å². The summed E-state index contributed by atoms with van der Waals surface area (Å²) in [7, 11) is 1.81. The summed E-state index contributed by atoms with van der Waals surface area (Å²) < 4.78 is 0. The van der Waals surface area contributed by atoms with E-state index in [0.29, 0.717) is 12.4 Å². The Kier molecular flexibility index (Phi) is 6.62. The lowest BCUT2D eigenvalue weighted by atomic mass is 9.91. The van der Waals surface area contributed by atoms with Crippen molar-refractivity contribution < 1.29 is 5.11 Å². The van der Waals surface area contributed by atoms with Crippen LogP contribution in [0.4, 0.5) is 0 Å². The van der Waals surface area contributed by atoms with Crippen LogP contribution < -0.4 is 11.1 Å². The molecule has 0 spiro atoms. The third-order valence-electron chi connectivity index (χ3n) is 4.32. The van der Waals surface area contributed by atoms with Crippen LogP contribution in [0.5, 0.6) is 0 Å². The molecule has 1 aromatic carbocycles. The van der Waals surface area contributed by atoms with Gasteiger partial charge in [-0.05, 0) is 37.1 Å². The van der Waals surface area contributed by atoms with Gasteiger partial charge in [-0.25, -0.2) is 0 Å². The maximum Gasteiger partial charge on any atom is 0.119 e. The zero-order valence-electron chi connectivity index (χ0n) is 13.9. The van der Waals surface area contributed by atoms with Crippen molar-refractivity contribution in [1.82, 2.24) is 10.2 Å². The Hall–Kier alpha value is -1.85. The lowest BCUT2D eigenvalue weighted by Crippen LogP contribution is -2.47. The summed E-state index contributed by atoms with van der Waals surface area (Å²) in [5, 5.41) is 13.5. The van der Waals surface area contributed by atoms with Crippen LogP contribution in [0.1, 0.15) is 18.4 Å². The molecule has 1 saturated heterocycles. The van der Waals surface area contributed by atoms with E-state index in [-0.39, 0.29) is 0 Å². The first-order chi connectivity index (χ1) is 11.1. The van der Waals surface area contributed by atoms with Crippen LogP contribution >= 0.6 is 0 Å². The van der Waals surface area contributed by atoms with Gasteiger partial charge in [0.2, 0.25) is 0 Å². The summed E-state index contributed by atoms with van der Waals surface area (Å²) in [6.45, 7) is 3.23. The summed E-state index contributed by atoms with van der Waals surface area (Å²) in [6.07, 6.45) is 5.98. The van der Waals surface area contributed by atoms with E-state index in [4.69, 9.17) is 5.73 Å². The lowest BCUT2D eigenvalue weighted by Gasteiger charge is -2.37. The number of nitrogens with zero attached hydrogens (tertiary/aromatic N) is 2. The second kappa shape index (κ2) is 8.70. The van der Waals surface area contributed by atoms with Crippen molar-refractivity contribution in [1.29, 1.82) is 0 Å². The minimum absolute atomic E-state index is 0.374. The highest BCUT2D eigenvalue weighted by atomic mass is 16.3. The van der Waals surface area contributed by atoms with Crippen LogP contribution in [0.25, 0.3) is 0 Å². The van der Waals surface area contributed by atoms with E-state index in [1.807, 2.05) is 13.1 Å². The molecule has 5 nitrogen and oxygen atoms in total. The summed E-state index contributed by atoms with van der Waals surface area (Å²) in [6, 6.07) is 10.5. The second-order valence-electron chi connectivity index (χ2n) is 6.16. The molecular formula is C18H28N4O. The Morgan fingerprint density at radius 2 is 2.04 bits per heavy atom. The van der Waals surface area contributed by atoms with Crippen LogP contribution in [0.2, 0.25) is 0 Å². The molecule has 0 radical (unpaired) electrons. The zero-order valence-corrected chi connectivity index (χ0v) is 13.9. The molecule has 0 aromatic heterocycles. The van der Waals surface area contributed by atoms with E-state index in [0.717, 1.165) is 38.9 Å². The highest BCUT2D eigenvalue weighted by Crippen LogP contribution is 2.22. The number of hydrogen-bond acceptors (Lipinski definition) is 4. The van der Waals surface area contributed by atoms with Crippen LogP contribution in [0, 0.1) is 0 Å².